The van der Waals surface area contributed by atoms with E-state index in [1.807, 2.05) is 0 Å². The predicted octanol–water partition coefficient (Wildman–Crippen LogP) is 4.38. The Balaban J connectivity index is 1.82. The summed E-state index contributed by atoms with van der Waals surface area (Å²) >= 11 is 0. The summed E-state index contributed by atoms with van der Waals surface area (Å²) in [7, 11) is 1.48. The van der Waals surface area contributed by atoms with Crippen LogP contribution in [0.3, 0.4) is 0 Å². The standard InChI is InChI=1S/C21H15F3N4O3/c1-31-15-7-5-12(6-8-15)17-10-18(21(22,23)24)28-19(27-17)16(11-25-28)20(30)26-13-3-2-4-14(29)9-13/h2-11,29H,1H3,(H,26,30). The van der Waals surface area contributed by atoms with E-state index in [-0.39, 0.29) is 28.3 Å². The van der Waals surface area contributed by atoms with Crippen LogP contribution in [0.4, 0.5) is 18.9 Å². The molecule has 0 aliphatic rings. The third-order valence-electron chi connectivity index (χ3n) is 4.50. The van der Waals surface area contributed by atoms with Crippen molar-refractivity contribution in [1.29, 1.82) is 0 Å². The Morgan fingerprint density at radius 3 is 2.52 bits per heavy atom. The van der Waals surface area contributed by atoms with Crippen LogP contribution in [-0.2, 0) is 6.18 Å². The normalized spacial score (nSPS) is 11.5. The fraction of sp³-hybridized carbons (Fsp3) is 0.0952. The van der Waals surface area contributed by atoms with Crippen molar-refractivity contribution in [2.24, 2.45) is 0 Å². The summed E-state index contributed by atoms with van der Waals surface area (Å²) in [4.78, 5) is 17.0. The summed E-state index contributed by atoms with van der Waals surface area (Å²) in [6.07, 6.45) is -3.71. The number of fused-ring (bicyclic) bond motifs is 1. The molecule has 0 saturated heterocycles. The topological polar surface area (TPSA) is 88.8 Å². The number of nitrogens with zero attached hydrogens (tertiary/aromatic N) is 3. The Morgan fingerprint density at radius 1 is 1.13 bits per heavy atom. The first-order valence-electron chi connectivity index (χ1n) is 8.97. The van der Waals surface area contributed by atoms with Crippen LogP contribution in [0.1, 0.15) is 16.1 Å². The number of hydrogen-bond donors (Lipinski definition) is 2. The summed E-state index contributed by atoms with van der Waals surface area (Å²) in [6, 6.07) is 13.0. The van der Waals surface area contributed by atoms with Crippen molar-refractivity contribution in [2.45, 2.75) is 6.18 Å². The van der Waals surface area contributed by atoms with E-state index in [2.05, 4.69) is 15.4 Å². The molecule has 31 heavy (non-hydrogen) atoms. The van der Waals surface area contributed by atoms with Crippen LogP contribution in [-0.4, -0.2) is 32.7 Å². The van der Waals surface area contributed by atoms with Crippen LogP contribution in [0, 0.1) is 0 Å². The number of methoxy groups -OCH3 is 1. The number of aromatic hydroxyl groups is 1. The Bertz CT molecular complexity index is 1270. The minimum atomic E-state index is -4.73. The number of amides is 1. The molecule has 0 unspecified atom stereocenters. The molecule has 0 saturated carbocycles. The molecule has 2 aromatic heterocycles. The fourth-order valence-corrected chi connectivity index (χ4v) is 3.02. The number of rotatable bonds is 4. The van der Waals surface area contributed by atoms with E-state index in [9.17, 15) is 23.1 Å². The van der Waals surface area contributed by atoms with Crippen LogP contribution in [0.5, 0.6) is 11.5 Å². The van der Waals surface area contributed by atoms with Gasteiger partial charge in [0.05, 0.1) is 19.0 Å². The van der Waals surface area contributed by atoms with Crippen molar-refractivity contribution in [3.63, 3.8) is 0 Å². The smallest absolute Gasteiger partial charge is 0.433 e. The third kappa shape index (κ3) is 4.00. The van der Waals surface area contributed by atoms with Crippen LogP contribution >= 0.6 is 0 Å². The highest BCUT2D eigenvalue weighted by molar-refractivity contribution is 6.08. The zero-order valence-corrected chi connectivity index (χ0v) is 16.0. The quantitative estimate of drug-likeness (QED) is 0.504. The Kier molecular flexibility index (Phi) is 4.97. The number of ether oxygens (including phenoxy) is 1. The second-order valence-electron chi connectivity index (χ2n) is 6.55. The van der Waals surface area contributed by atoms with E-state index < -0.39 is 17.8 Å². The number of anilines is 1. The zero-order valence-electron chi connectivity index (χ0n) is 16.0. The molecule has 0 aliphatic carbocycles. The molecule has 2 N–H and O–H groups in total. The first-order chi connectivity index (χ1) is 14.8. The number of phenolic OH excluding ortho intramolecular Hbond substituents is 1. The van der Waals surface area contributed by atoms with Gasteiger partial charge in [0.2, 0.25) is 0 Å². The maximum Gasteiger partial charge on any atom is 0.433 e. The molecule has 2 aromatic carbocycles. The van der Waals surface area contributed by atoms with Crippen molar-refractivity contribution in [1.82, 2.24) is 14.6 Å². The van der Waals surface area contributed by atoms with Gasteiger partial charge in [-0.2, -0.15) is 18.3 Å². The average molecular weight is 428 g/mol. The SMILES string of the molecule is COc1ccc(-c2cc(C(F)(F)F)n3ncc(C(=O)Nc4cccc(O)c4)c3n2)cc1. The lowest BCUT2D eigenvalue weighted by Crippen LogP contribution is -2.15. The van der Waals surface area contributed by atoms with Gasteiger partial charge in [0.15, 0.2) is 11.3 Å². The van der Waals surface area contributed by atoms with Crippen LogP contribution < -0.4 is 10.1 Å². The molecule has 0 atom stereocenters. The molecular weight excluding hydrogens is 413 g/mol. The van der Waals surface area contributed by atoms with E-state index in [0.29, 0.717) is 15.8 Å². The number of halogens is 3. The van der Waals surface area contributed by atoms with Gasteiger partial charge in [0.25, 0.3) is 5.91 Å². The number of aromatic nitrogens is 3. The molecule has 0 radical (unpaired) electrons. The maximum absolute atomic E-state index is 13.7. The van der Waals surface area contributed by atoms with Gasteiger partial charge in [0.1, 0.15) is 17.1 Å². The van der Waals surface area contributed by atoms with Gasteiger partial charge in [-0.05, 0) is 42.5 Å². The summed E-state index contributed by atoms with van der Waals surface area (Å²) in [5, 5.41) is 15.8. The Morgan fingerprint density at radius 2 is 1.87 bits per heavy atom. The number of phenols is 1. The number of hydrogen-bond acceptors (Lipinski definition) is 5. The summed E-state index contributed by atoms with van der Waals surface area (Å²) < 4.78 is 46.7. The third-order valence-corrected chi connectivity index (χ3v) is 4.50. The number of nitrogens with one attached hydrogen (secondary N) is 1. The number of carbonyl (C=O) groups is 1. The number of alkyl halides is 3. The monoisotopic (exact) mass is 428 g/mol. The van der Waals surface area contributed by atoms with Crippen molar-refractivity contribution >= 4 is 17.2 Å². The highest BCUT2D eigenvalue weighted by Crippen LogP contribution is 2.33. The molecule has 0 bridgehead atoms. The predicted molar refractivity (Wildman–Crippen MR) is 106 cm³/mol. The molecule has 0 aliphatic heterocycles. The molecule has 0 spiro atoms. The maximum atomic E-state index is 13.7. The van der Waals surface area contributed by atoms with Gasteiger partial charge in [0, 0.05) is 17.3 Å². The van der Waals surface area contributed by atoms with Gasteiger partial charge in [-0.25, -0.2) is 9.50 Å². The van der Waals surface area contributed by atoms with E-state index in [1.54, 1.807) is 24.3 Å². The number of carbonyl (C=O) groups excluding carboxylic acids is 1. The fourth-order valence-electron chi connectivity index (χ4n) is 3.02. The highest BCUT2D eigenvalue weighted by Gasteiger charge is 2.36. The minimum absolute atomic E-state index is 0.0226. The van der Waals surface area contributed by atoms with Crippen LogP contribution in [0.15, 0.2) is 60.8 Å². The largest absolute Gasteiger partial charge is 0.508 e. The van der Waals surface area contributed by atoms with Crippen molar-refractivity contribution < 1.29 is 27.8 Å². The second kappa shape index (κ2) is 7.63. The van der Waals surface area contributed by atoms with E-state index in [0.717, 1.165) is 12.3 Å². The van der Waals surface area contributed by atoms with E-state index in [4.69, 9.17) is 4.74 Å². The van der Waals surface area contributed by atoms with Crippen molar-refractivity contribution in [3.8, 4) is 22.8 Å². The van der Waals surface area contributed by atoms with E-state index in [1.165, 1.54) is 31.4 Å². The second-order valence-corrected chi connectivity index (χ2v) is 6.55. The lowest BCUT2D eigenvalue weighted by Gasteiger charge is -2.12. The molecule has 2 heterocycles. The van der Waals surface area contributed by atoms with Crippen LogP contribution in [0.2, 0.25) is 0 Å². The lowest BCUT2D eigenvalue weighted by atomic mass is 10.1. The molecule has 4 aromatic rings. The Hall–Kier alpha value is -4.08. The molecule has 158 valence electrons. The first kappa shape index (κ1) is 20.2. The van der Waals surface area contributed by atoms with Gasteiger partial charge < -0.3 is 15.2 Å². The summed E-state index contributed by atoms with van der Waals surface area (Å²) in [6.45, 7) is 0. The van der Waals surface area contributed by atoms with Crippen molar-refractivity contribution in [3.05, 3.63) is 72.1 Å². The van der Waals surface area contributed by atoms with Gasteiger partial charge in [-0.15, -0.1) is 0 Å². The molecule has 10 heteroatoms. The highest BCUT2D eigenvalue weighted by atomic mass is 19.4. The Labute approximate surface area is 173 Å². The molecule has 1 amide bonds. The average Bonchev–Trinajstić information content (AvgIpc) is 3.16. The van der Waals surface area contributed by atoms with Gasteiger partial charge >= 0.3 is 6.18 Å². The summed E-state index contributed by atoms with van der Waals surface area (Å²) in [5.74, 6) is -0.249. The lowest BCUT2D eigenvalue weighted by molar-refractivity contribution is -0.142. The number of benzene rings is 2. The van der Waals surface area contributed by atoms with Gasteiger partial charge in [-0.3, -0.25) is 4.79 Å². The van der Waals surface area contributed by atoms with E-state index >= 15 is 0 Å². The van der Waals surface area contributed by atoms with Crippen LogP contribution in [0.25, 0.3) is 16.9 Å². The molecule has 4 rings (SSSR count). The minimum Gasteiger partial charge on any atom is -0.508 e. The first-order valence-corrected chi connectivity index (χ1v) is 8.97. The molecule has 0 fully saturated rings. The summed E-state index contributed by atoms with van der Waals surface area (Å²) in [5.41, 5.74) is -0.766. The zero-order chi connectivity index (χ0) is 22.2. The molecular formula is C21H15F3N4O3. The van der Waals surface area contributed by atoms with Gasteiger partial charge in [-0.1, -0.05) is 6.07 Å². The molecule has 7 nitrogen and oxygen atoms in total. The van der Waals surface area contributed by atoms with Crippen molar-refractivity contribution in [2.75, 3.05) is 12.4 Å².